The summed E-state index contributed by atoms with van der Waals surface area (Å²) in [6, 6.07) is 21.3. The Bertz CT molecular complexity index is 1170. The Morgan fingerprint density at radius 3 is 2.44 bits per heavy atom. The van der Waals surface area contributed by atoms with Crippen molar-refractivity contribution in [1.29, 1.82) is 0 Å². The Hall–Kier alpha value is -2.56. The SMILES string of the molecule is COCCOCOC[C@H]1O[C@@H](n2ccc(=O)[nH]c2=O)[C@H]([Se]c2ccccc2)[C@@H]1OCc1ccccc1. The van der Waals surface area contributed by atoms with E-state index in [1.165, 1.54) is 16.8 Å². The summed E-state index contributed by atoms with van der Waals surface area (Å²) in [6.07, 6.45) is 0.0522. The van der Waals surface area contributed by atoms with Crippen LogP contribution in [0.3, 0.4) is 0 Å². The predicted octanol–water partition coefficient (Wildman–Crippen LogP) is 1.47. The van der Waals surface area contributed by atoms with Crippen molar-refractivity contribution in [3.8, 4) is 0 Å². The fraction of sp³-hybridized carbons (Fsp3) is 0.385. The van der Waals surface area contributed by atoms with Crippen LogP contribution in [0.2, 0.25) is 4.82 Å². The molecule has 36 heavy (non-hydrogen) atoms. The molecule has 0 amide bonds. The van der Waals surface area contributed by atoms with E-state index in [0.717, 1.165) is 10.0 Å². The number of ether oxygens (including phenoxy) is 5. The zero-order valence-corrected chi connectivity index (χ0v) is 21.7. The summed E-state index contributed by atoms with van der Waals surface area (Å²) < 4.78 is 31.6. The summed E-state index contributed by atoms with van der Waals surface area (Å²) in [5.41, 5.74) is 0.0626. The topological polar surface area (TPSA) is 101 Å². The minimum absolute atomic E-state index is 0.0897. The van der Waals surface area contributed by atoms with Crippen LogP contribution in [0.15, 0.2) is 82.5 Å². The number of nitrogens with one attached hydrogen (secondary N) is 1. The number of aromatic amines is 1. The van der Waals surface area contributed by atoms with Crippen molar-refractivity contribution in [3.05, 3.63) is 99.3 Å². The molecule has 0 radical (unpaired) electrons. The van der Waals surface area contributed by atoms with E-state index in [2.05, 4.69) is 17.1 Å². The number of nitrogens with zero attached hydrogens (tertiary/aromatic N) is 1. The molecule has 2 heterocycles. The van der Waals surface area contributed by atoms with E-state index >= 15 is 0 Å². The normalized spacial score (nSPS) is 21.6. The summed E-state index contributed by atoms with van der Waals surface area (Å²) in [5, 5.41) is 0. The average Bonchev–Trinajstić information content (AvgIpc) is 3.22. The van der Waals surface area contributed by atoms with Gasteiger partial charge in [0.1, 0.15) is 0 Å². The van der Waals surface area contributed by atoms with Crippen molar-refractivity contribution >= 4 is 19.4 Å². The second kappa shape index (κ2) is 13.7. The minimum atomic E-state index is -0.627. The van der Waals surface area contributed by atoms with Crippen molar-refractivity contribution in [1.82, 2.24) is 9.55 Å². The second-order valence-electron chi connectivity index (χ2n) is 8.13. The molecule has 9 nitrogen and oxygen atoms in total. The third-order valence-electron chi connectivity index (χ3n) is 5.59. The van der Waals surface area contributed by atoms with E-state index in [9.17, 15) is 9.59 Å². The number of rotatable bonds is 13. The summed E-state index contributed by atoms with van der Waals surface area (Å²) in [7, 11) is 1.61. The van der Waals surface area contributed by atoms with Crippen LogP contribution >= 0.6 is 0 Å². The molecule has 1 aromatic heterocycles. The van der Waals surface area contributed by atoms with Gasteiger partial charge in [0.25, 0.3) is 0 Å². The van der Waals surface area contributed by atoms with Gasteiger partial charge in [-0.25, -0.2) is 0 Å². The molecule has 0 spiro atoms. The first-order valence-corrected chi connectivity index (χ1v) is 13.5. The Balaban J connectivity index is 1.58. The zero-order valence-electron chi connectivity index (χ0n) is 20.0. The maximum absolute atomic E-state index is 12.7. The van der Waals surface area contributed by atoms with Gasteiger partial charge in [-0.3, -0.25) is 0 Å². The molecule has 0 saturated carbocycles. The molecule has 0 aliphatic carbocycles. The van der Waals surface area contributed by atoms with Gasteiger partial charge in [-0.1, -0.05) is 0 Å². The third-order valence-corrected chi connectivity index (χ3v) is 8.36. The first-order chi connectivity index (χ1) is 17.7. The summed E-state index contributed by atoms with van der Waals surface area (Å²) >= 11 is -0.105. The quantitative estimate of drug-likeness (QED) is 0.192. The predicted molar refractivity (Wildman–Crippen MR) is 134 cm³/mol. The van der Waals surface area contributed by atoms with E-state index < -0.39 is 23.6 Å². The van der Waals surface area contributed by atoms with Crippen molar-refractivity contribution in [2.75, 3.05) is 33.7 Å². The Morgan fingerprint density at radius 2 is 1.72 bits per heavy atom. The number of hydrogen-bond donors (Lipinski definition) is 1. The van der Waals surface area contributed by atoms with Crippen molar-refractivity contribution in [2.45, 2.75) is 29.9 Å². The number of hydrogen-bond acceptors (Lipinski definition) is 7. The fourth-order valence-electron chi connectivity index (χ4n) is 3.87. The van der Waals surface area contributed by atoms with Crippen LogP contribution < -0.4 is 15.7 Å². The molecule has 0 bridgehead atoms. The van der Waals surface area contributed by atoms with Gasteiger partial charge >= 0.3 is 216 Å². The van der Waals surface area contributed by atoms with Crippen LogP contribution in [-0.4, -0.2) is 70.4 Å². The maximum atomic E-state index is 12.7. The summed E-state index contributed by atoms with van der Waals surface area (Å²) in [4.78, 5) is 26.6. The van der Waals surface area contributed by atoms with Gasteiger partial charge in [-0.2, -0.15) is 0 Å². The molecule has 10 heteroatoms. The molecule has 1 aliphatic rings. The number of methoxy groups -OCH3 is 1. The van der Waals surface area contributed by atoms with Crippen LogP contribution in [0.25, 0.3) is 0 Å². The van der Waals surface area contributed by atoms with E-state index in [-0.39, 0.29) is 39.3 Å². The van der Waals surface area contributed by atoms with Crippen molar-refractivity contribution in [3.63, 3.8) is 0 Å². The molecule has 1 fully saturated rings. The molecule has 1 aliphatic heterocycles. The molecular formula is C26H30N2O7Se. The van der Waals surface area contributed by atoms with Gasteiger partial charge in [-0.05, 0) is 0 Å². The molecular weight excluding hydrogens is 531 g/mol. The van der Waals surface area contributed by atoms with Gasteiger partial charge in [0.05, 0.1) is 0 Å². The molecule has 4 rings (SSSR count). The van der Waals surface area contributed by atoms with Crippen molar-refractivity contribution < 1.29 is 23.7 Å². The molecule has 2 aromatic carbocycles. The first-order valence-electron chi connectivity index (χ1n) is 11.6. The number of H-pyrrole nitrogens is 1. The van der Waals surface area contributed by atoms with Crippen LogP contribution in [0, 0.1) is 0 Å². The van der Waals surface area contributed by atoms with E-state index in [1.807, 2.05) is 48.5 Å². The summed E-state index contributed by atoms with van der Waals surface area (Å²) in [5.74, 6) is 0. The van der Waals surface area contributed by atoms with Crippen LogP contribution in [0.4, 0.5) is 0 Å². The fourth-order valence-corrected chi connectivity index (χ4v) is 6.65. The van der Waals surface area contributed by atoms with Gasteiger partial charge < -0.3 is 0 Å². The van der Waals surface area contributed by atoms with Gasteiger partial charge in [0.15, 0.2) is 0 Å². The monoisotopic (exact) mass is 562 g/mol. The van der Waals surface area contributed by atoms with Gasteiger partial charge in [-0.15, -0.1) is 0 Å². The number of benzene rings is 2. The van der Waals surface area contributed by atoms with E-state index in [4.69, 9.17) is 23.7 Å². The van der Waals surface area contributed by atoms with E-state index in [0.29, 0.717) is 19.8 Å². The Kier molecular flexibility index (Phi) is 10.1. The zero-order chi connectivity index (χ0) is 25.2. The van der Waals surface area contributed by atoms with Crippen LogP contribution in [-0.2, 0) is 30.3 Å². The number of aromatic nitrogens is 2. The Labute approximate surface area is 215 Å². The molecule has 1 N–H and O–H groups in total. The Morgan fingerprint density at radius 1 is 0.972 bits per heavy atom. The van der Waals surface area contributed by atoms with Crippen LogP contribution in [0.1, 0.15) is 11.8 Å². The molecule has 1 saturated heterocycles. The standard InChI is InChI=1S/C26H30N2O7Se/c1-31-14-15-32-18-33-17-21-23(34-16-19-8-4-2-5-9-19)24(36-20-10-6-3-7-11-20)25(35-21)28-13-12-22(29)27-26(28)30/h2-13,21,23-25H,14-18H2,1H3,(H,27,29,30)/t21-,23-,24-,25-/m1/s1. The average molecular weight is 561 g/mol. The first kappa shape index (κ1) is 26.5. The second-order valence-corrected chi connectivity index (χ2v) is 10.8. The van der Waals surface area contributed by atoms with Gasteiger partial charge in [0.2, 0.25) is 0 Å². The van der Waals surface area contributed by atoms with Crippen LogP contribution in [0.5, 0.6) is 0 Å². The molecule has 4 atom stereocenters. The molecule has 3 aromatic rings. The third kappa shape index (κ3) is 7.24. The van der Waals surface area contributed by atoms with Gasteiger partial charge in [0, 0.05) is 0 Å². The van der Waals surface area contributed by atoms with Crippen molar-refractivity contribution in [2.24, 2.45) is 0 Å². The molecule has 192 valence electrons. The molecule has 0 unspecified atom stereocenters. The summed E-state index contributed by atoms with van der Waals surface area (Å²) in [6.45, 7) is 1.61. The van der Waals surface area contributed by atoms with E-state index in [1.54, 1.807) is 7.11 Å².